The highest BCUT2D eigenvalue weighted by atomic mass is 35.5. The Morgan fingerprint density at radius 2 is 1.79 bits per heavy atom. The third-order valence-electron chi connectivity index (χ3n) is 6.00. The molecule has 4 rings (SSSR count). The van der Waals surface area contributed by atoms with Crippen molar-refractivity contribution in [2.75, 3.05) is 26.2 Å². The Morgan fingerprint density at radius 1 is 1.07 bits per heavy atom. The predicted octanol–water partition coefficient (Wildman–Crippen LogP) is 3.11. The molecule has 2 aliphatic heterocycles. The van der Waals surface area contributed by atoms with E-state index in [1.54, 1.807) is 0 Å². The summed E-state index contributed by atoms with van der Waals surface area (Å²) >= 11 is 0. The van der Waals surface area contributed by atoms with Gasteiger partial charge in [0.15, 0.2) is 5.69 Å². The van der Waals surface area contributed by atoms with E-state index in [4.69, 9.17) is 0 Å². The van der Waals surface area contributed by atoms with Gasteiger partial charge in [0.05, 0.1) is 12.2 Å². The number of hydrogen-bond acceptors (Lipinski definition) is 4. The van der Waals surface area contributed by atoms with Gasteiger partial charge >= 0.3 is 0 Å². The number of aromatic nitrogens is 3. The maximum atomic E-state index is 12.8. The molecule has 1 amide bonds. The number of halogens is 1. The van der Waals surface area contributed by atoms with Crippen LogP contribution in [0, 0.1) is 5.92 Å². The van der Waals surface area contributed by atoms with Crippen molar-refractivity contribution in [2.24, 2.45) is 5.92 Å². The summed E-state index contributed by atoms with van der Waals surface area (Å²) in [5, 5.41) is 11.7. The van der Waals surface area contributed by atoms with Crippen LogP contribution in [-0.4, -0.2) is 52.0 Å². The van der Waals surface area contributed by atoms with Crippen LogP contribution in [0.2, 0.25) is 0 Å². The van der Waals surface area contributed by atoms with Gasteiger partial charge < -0.3 is 10.2 Å². The predicted molar refractivity (Wildman–Crippen MR) is 112 cm³/mol. The Labute approximate surface area is 173 Å². The van der Waals surface area contributed by atoms with Crippen molar-refractivity contribution in [1.82, 2.24) is 25.2 Å². The summed E-state index contributed by atoms with van der Waals surface area (Å²) in [6, 6.07) is 11.0. The molecule has 1 aromatic heterocycles. The number of rotatable bonds is 5. The van der Waals surface area contributed by atoms with Gasteiger partial charge in [-0.05, 0) is 63.1 Å². The number of nitrogens with one attached hydrogen (secondary N) is 1. The minimum absolute atomic E-state index is 0. The maximum Gasteiger partial charge on any atom is 0.276 e. The van der Waals surface area contributed by atoms with Crippen molar-refractivity contribution in [3.63, 3.8) is 0 Å². The van der Waals surface area contributed by atoms with Gasteiger partial charge in [-0.1, -0.05) is 35.5 Å². The molecule has 0 bridgehead atoms. The summed E-state index contributed by atoms with van der Waals surface area (Å²) in [5.74, 6) is 0.747. The Hall–Kier alpha value is -1.92. The highest BCUT2D eigenvalue weighted by Gasteiger charge is 2.26. The number of carbonyl (C=O) groups is 1. The van der Waals surface area contributed by atoms with Crippen molar-refractivity contribution in [3.8, 4) is 0 Å². The second kappa shape index (κ2) is 10.0. The van der Waals surface area contributed by atoms with Gasteiger partial charge in [-0.2, -0.15) is 0 Å². The van der Waals surface area contributed by atoms with Crippen LogP contribution in [-0.2, 0) is 6.42 Å². The average molecular weight is 404 g/mol. The number of piperidine rings is 2. The molecule has 0 atom stereocenters. The normalized spacial score (nSPS) is 18.6. The van der Waals surface area contributed by atoms with Gasteiger partial charge in [0.2, 0.25) is 0 Å². The SMILES string of the molecule is Cl.O=C(c1cn(C2CCNCC2)nn1)N1CCC(CCc2ccccc2)CC1. The lowest BCUT2D eigenvalue weighted by molar-refractivity contribution is 0.0681. The summed E-state index contributed by atoms with van der Waals surface area (Å²) in [5.41, 5.74) is 1.90. The first-order valence-corrected chi connectivity index (χ1v) is 10.3. The molecular weight excluding hydrogens is 374 g/mol. The van der Waals surface area contributed by atoms with Crippen LogP contribution in [0.25, 0.3) is 0 Å². The Bertz CT molecular complexity index is 736. The fraction of sp³-hybridized carbons (Fsp3) is 0.571. The van der Waals surface area contributed by atoms with Crippen molar-refractivity contribution in [1.29, 1.82) is 0 Å². The molecule has 1 aromatic carbocycles. The van der Waals surface area contributed by atoms with E-state index in [1.807, 2.05) is 15.8 Å². The summed E-state index contributed by atoms with van der Waals surface area (Å²) in [6.07, 6.45) is 8.44. The molecule has 6 nitrogen and oxygen atoms in total. The van der Waals surface area contributed by atoms with Gasteiger partial charge in [0, 0.05) is 13.1 Å². The van der Waals surface area contributed by atoms with E-state index in [1.165, 1.54) is 12.0 Å². The van der Waals surface area contributed by atoms with Crippen molar-refractivity contribution >= 4 is 18.3 Å². The van der Waals surface area contributed by atoms with E-state index < -0.39 is 0 Å². The van der Waals surface area contributed by atoms with Crippen LogP contribution < -0.4 is 5.32 Å². The van der Waals surface area contributed by atoms with Crippen molar-refractivity contribution < 1.29 is 4.79 Å². The molecule has 7 heteroatoms. The maximum absolute atomic E-state index is 12.8. The number of aryl methyl sites for hydroxylation is 1. The van der Waals surface area contributed by atoms with E-state index >= 15 is 0 Å². The van der Waals surface area contributed by atoms with Crippen molar-refractivity contribution in [3.05, 3.63) is 47.8 Å². The number of hydrogen-bond donors (Lipinski definition) is 1. The minimum atomic E-state index is 0. The molecule has 1 N–H and O–H groups in total. The number of nitrogens with zero attached hydrogens (tertiary/aromatic N) is 4. The second-order valence-corrected chi connectivity index (χ2v) is 7.82. The molecule has 0 radical (unpaired) electrons. The zero-order valence-electron chi connectivity index (χ0n) is 16.3. The molecular formula is C21H30ClN5O. The minimum Gasteiger partial charge on any atom is -0.337 e. The molecule has 0 saturated carbocycles. The third-order valence-corrected chi connectivity index (χ3v) is 6.00. The standard InChI is InChI=1S/C21H29N5O.ClH/c27-21(20-16-26(24-23-20)19-8-12-22-13-9-19)25-14-10-18(11-15-25)7-6-17-4-2-1-3-5-17;/h1-5,16,18-19,22H,6-15H2;1H. The fourth-order valence-corrected chi connectivity index (χ4v) is 4.23. The van der Waals surface area contributed by atoms with Crippen LogP contribution in [0.3, 0.4) is 0 Å². The lowest BCUT2D eigenvalue weighted by atomic mass is 9.90. The number of carbonyl (C=O) groups excluding carboxylic acids is 1. The first-order valence-electron chi connectivity index (χ1n) is 10.3. The van der Waals surface area contributed by atoms with E-state index in [0.29, 0.717) is 17.7 Å². The summed E-state index contributed by atoms with van der Waals surface area (Å²) < 4.78 is 1.89. The Kier molecular flexibility index (Phi) is 7.45. The first-order chi connectivity index (χ1) is 13.3. The summed E-state index contributed by atoms with van der Waals surface area (Å²) in [7, 11) is 0. The lowest BCUT2D eigenvalue weighted by Gasteiger charge is -2.31. The van der Waals surface area contributed by atoms with Gasteiger partial charge in [0.1, 0.15) is 0 Å². The Balaban J connectivity index is 0.00000225. The number of benzene rings is 1. The molecule has 2 aliphatic rings. The highest BCUT2D eigenvalue weighted by Crippen LogP contribution is 2.24. The fourth-order valence-electron chi connectivity index (χ4n) is 4.23. The van der Waals surface area contributed by atoms with Gasteiger partial charge in [-0.3, -0.25) is 4.79 Å². The molecule has 152 valence electrons. The molecule has 3 heterocycles. The molecule has 2 aromatic rings. The van der Waals surface area contributed by atoms with E-state index in [0.717, 1.165) is 58.3 Å². The number of amides is 1. The average Bonchev–Trinajstić information content (AvgIpc) is 3.24. The quantitative estimate of drug-likeness (QED) is 0.833. The monoisotopic (exact) mass is 403 g/mol. The molecule has 28 heavy (non-hydrogen) atoms. The third kappa shape index (κ3) is 5.11. The van der Waals surface area contributed by atoms with E-state index in [-0.39, 0.29) is 18.3 Å². The van der Waals surface area contributed by atoms with Crippen molar-refractivity contribution in [2.45, 2.75) is 44.6 Å². The second-order valence-electron chi connectivity index (χ2n) is 7.82. The van der Waals surface area contributed by atoms with Crippen LogP contribution in [0.4, 0.5) is 0 Å². The molecule has 0 spiro atoms. The van der Waals surface area contributed by atoms with Gasteiger partial charge in [-0.15, -0.1) is 17.5 Å². The first kappa shape index (κ1) is 20.8. The van der Waals surface area contributed by atoms with E-state index in [9.17, 15) is 4.79 Å². The Morgan fingerprint density at radius 3 is 2.50 bits per heavy atom. The molecule has 0 unspecified atom stereocenters. The summed E-state index contributed by atoms with van der Waals surface area (Å²) in [6.45, 7) is 3.67. The molecule has 2 saturated heterocycles. The zero-order chi connectivity index (χ0) is 18.5. The van der Waals surface area contributed by atoms with Gasteiger partial charge in [-0.25, -0.2) is 4.68 Å². The van der Waals surface area contributed by atoms with Crippen LogP contribution in [0.5, 0.6) is 0 Å². The lowest BCUT2D eigenvalue weighted by Crippen LogP contribution is -2.38. The zero-order valence-corrected chi connectivity index (χ0v) is 17.1. The van der Waals surface area contributed by atoms with Gasteiger partial charge in [0.25, 0.3) is 5.91 Å². The summed E-state index contributed by atoms with van der Waals surface area (Å²) in [4.78, 5) is 14.7. The highest BCUT2D eigenvalue weighted by molar-refractivity contribution is 5.92. The largest absolute Gasteiger partial charge is 0.337 e. The molecule has 2 fully saturated rings. The van der Waals surface area contributed by atoms with Crippen LogP contribution >= 0.6 is 12.4 Å². The molecule has 0 aliphatic carbocycles. The van der Waals surface area contributed by atoms with Crippen LogP contribution in [0.15, 0.2) is 36.5 Å². The topological polar surface area (TPSA) is 63.1 Å². The number of likely N-dealkylation sites (tertiary alicyclic amines) is 1. The van der Waals surface area contributed by atoms with E-state index in [2.05, 4.69) is 46.0 Å². The smallest absolute Gasteiger partial charge is 0.276 e. The van der Waals surface area contributed by atoms with Crippen LogP contribution in [0.1, 0.15) is 54.2 Å².